The van der Waals surface area contributed by atoms with Crippen LogP contribution in [0, 0.1) is 22.9 Å². The first-order valence-corrected chi connectivity index (χ1v) is 4.26. The van der Waals surface area contributed by atoms with Crippen LogP contribution < -0.4 is 5.32 Å². The first-order chi connectivity index (χ1) is 7.43. The molecule has 16 heavy (non-hydrogen) atoms. The van der Waals surface area contributed by atoms with Crippen molar-refractivity contribution in [1.82, 2.24) is 0 Å². The molecule has 0 bridgehead atoms. The zero-order valence-corrected chi connectivity index (χ0v) is 8.04. The fourth-order valence-electron chi connectivity index (χ4n) is 1.57. The molecule has 0 spiro atoms. The van der Waals surface area contributed by atoms with Gasteiger partial charge in [-0.05, 0) is 12.5 Å². The molecule has 1 aromatic carbocycles. The van der Waals surface area contributed by atoms with Gasteiger partial charge in [-0.15, -0.1) is 0 Å². The number of nitrogens with one attached hydrogen (secondary N) is 1. The van der Waals surface area contributed by atoms with E-state index in [0.717, 1.165) is 6.07 Å². The standard InChI is InChI=1S/C9H5FN2O4/c1-3-2-4(12(15)16)6(10)5-7(3)11-9(14)8(5)13/h2H,1H3,(H,11,13,14). The maximum absolute atomic E-state index is 13.6. The Morgan fingerprint density at radius 3 is 2.62 bits per heavy atom. The average Bonchev–Trinajstić information content (AvgIpc) is 2.50. The number of halogens is 1. The van der Waals surface area contributed by atoms with Crippen molar-refractivity contribution in [1.29, 1.82) is 0 Å². The third kappa shape index (κ3) is 1.18. The smallest absolute Gasteiger partial charge is 0.305 e. The van der Waals surface area contributed by atoms with E-state index in [-0.39, 0.29) is 11.3 Å². The minimum atomic E-state index is -1.27. The molecule has 0 aromatic heterocycles. The minimum Gasteiger partial charge on any atom is -0.318 e. The lowest BCUT2D eigenvalue weighted by atomic mass is 10.1. The van der Waals surface area contributed by atoms with Gasteiger partial charge < -0.3 is 5.32 Å². The van der Waals surface area contributed by atoms with Gasteiger partial charge in [0.05, 0.1) is 16.2 Å². The lowest BCUT2D eigenvalue weighted by Crippen LogP contribution is -2.13. The van der Waals surface area contributed by atoms with E-state index < -0.39 is 33.7 Å². The van der Waals surface area contributed by atoms with E-state index in [1.807, 2.05) is 0 Å². The van der Waals surface area contributed by atoms with Crippen molar-refractivity contribution in [2.24, 2.45) is 0 Å². The quantitative estimate of drug-likeness (QED) is 0.440. The summed E-state index contributed by atoms with van der Waals surface area (Å²) in [5.74, 6) is -3.33. The Morgan fingerprint density at radius 2 is 2.06 bits per heavy atom. The fourth-order valence-corrected chi connectivity index (χ4v) is 1.57. The van der Waals surface area contributed by atoms with E-state index in [2.05, 4.69) is 5.32 Å². The summed E-state index contributed by atoms with van der Waals surface area (Å²) in [5, 5.41) is 12.7. The summed E-state index contributed by atoms with van der Waals surface area (Å²) < 4.78 is 13.6. The van der Waals surface area contributed by atoms with Gasteiger partial charge in [0.15, 0.2) is 0 Å². The van der Waals surface area contributed by atoms with Crippen molar-refractivity contribution in [2.75, 3.05) is 5.32 Å². The number of fused-ring (bicyclic) bond motifs is 1. The highest BCUT2D eigenvalue weighted by atomic mass is 19.1. The zero-order chi connectivity index (χ0) is 12.0. The lowest BCUT2D eigenvalue weighted by Gasteiger charge is -2.03. The molecular weight excluding hydrogens is 219 g/mol. The molecule has 1 heterocycles. The number of nitrogens with zero attached hydrogens (tertiary/aromatic N) is 1. The lowest BCUT2D eigenvalue weighted by molar-refractivity contribution is -0.387. The second-order valence-electron chi connectivity index (χ2n) is 3.32. The van der Waals surface area contributed by atoms with Gasteiger partial charge in [0.25, 0.3) is 11.7 Å². The molecule has 1 aromatic rings. The molecule has 1 aliphatic rings. The predicted molar refractivity (Wildman–Crippen MR) is 50.8 cm³/mol. The summed E-state index contributed by atoms with van der Waals surface area (Å²) in [7, 11) is 0. The largest absolute Gasteiger partial charge is 0.318 e. The van der Waals surface area contributed by atoms with Crippen molar-refractivity contribution in [2.45, 2.75) is 6.92 Å². The molecule has 6 nitrogen and oxygen atoms in total. The number of carbonyl (C=O) groups is 2. The van der Waals surface area contributed by atoms with Gasteiger partial charge in [-0.25, -0.2) is 0 Å². The molecular formula is C9H5FN2O4. The number of aryl methyl sites for hydroxylation is 1. The molecule has 7 heteroatoms. The SMILES string of the molecule is Cc1cc([N+](=O)[O-])c(F)c2c1NC(=O)C2=O. The van der Waals surface area contributed by atoms with Crippen LogP contribution in [0.4, 0.5) is 15.8 Å². The normalized spacial score (nSPS) is 13.6. The number of ketones is 1. The average molecular weight is 224 g/mol. The summed E-state index contributed by atoms with van der Waals surface area (Å²) in [4.78, 5) is 31.9. The van der Waals surface area contributed by atoms with E-state index in [1.165, 1.54) is 6.92 Å². The van der Waals surface area contributed by atoms with E-state index >= 15 is 0 Å². The van der Waals surface area contributed by atoms with Crippen molar-refractivity contribution >= 4 is 23.1 Å². The van der Waals surface area contributed by atoms with Crippen LogP contribution in [-0.4, -0.2) is 16.6 Å². The molecule has 2 rings (SSSR count). The van der Waals surface area contributed by atoms with Crippen LogP contribution >= 0.6 is 0 Å². The highest BCUT2D eigenvalue weighted by Crippen LogP contribution is 2.34. The van der Waals surface area contributed by atoms with Crippen molar-refractivity contribution < 1.29 is 18.9 Å². The van der Waals surface area contributed by atoms with Crippen molar-refractivity contribution in [3.05, 3.63) is 33.1 Å². The Labute approximate surface area is 88.2 Å². The Kier molecular flexibility index (Phi) is 1.97. The van der Waals surface area contributed by atoms with Crippen LogP contribution in [0.3, 0.4) is 0 Å². The second kappa shape index (κ2) is 3.09. The number of benzene rings is 1. The third-order valence-electron chi connectivity index (χ3n) is 2.31. The van der Waals surface area contributed by atoms with Crippen LogP contribution in [0.15, 0.2) is 6.07 Å². The number of Topliss-reactive ketones (excluding diaryl/α,β-unsaturated/α-hetero) is 1. The fraction of sp³-hybridized carbons (Fsp3) is 0.111. The van der Waals surface area contributed by atoms with Crippen LogP contribution in [-0.2, 0) is 4.79 Å². The van der Waals surface area contributed by atoms with Gasteiger partial charge in [-0.2, -0.15) is 4.39 Å². The van der Waals surface area contributed by atoms with Crippen LogP contribution in [0.1, 0.15) is 15.9 Å². The van der Waals surface area contributed by atoms with E-state index in [1.54, 1.807) is 0 Å². The molecule has 1 aliphatic heterocycles. The number of carbonyl (C=O) groups excluding carboxylic acids is 2. The number of nitro benzene ring substituents is 1. The number of nitro groups is 1. The van der Waals surface area contributed by atoms with Gasteiger partial charge >= 0.3 is 5.69 Å². The molecule has 0 aliphatic carbocycles. The number of hydrogen-bond acceptors (Lipinski definition) is 4. The summed E-state index contributed by atoms with van der Waals surface area (Å²) in [6.07, 6.45) is 0. The third-order valence-corrected chi connectivity index (χ3v) is 2.31. The Bertz CT molecular complexity index is 553. The van der Waals surface area contributed by atoms with Crippen LogP contribution in [0.25, 0.3) is 0 Å². The van der Waals surface area contributed by atoms with Crippen LogP contribution in [0.5, 0.6) is 0 Å². The van der Waals surface area contributed by atoms with Crippen molar-refractivity contribution in [3.8, 4) is 0 Å². The molecule has 1 amide bonds. The molecule has 0 atom stereocenters. The molecule has 82 valence electrons. The van der Waals surface area contributed by atoms with Crippen LogP contribution in [0.2, 0.25) is 0 Å². The molecule has 0 saturated carbocycles. The summed E-state index contributed by atoms with van der Waals surface area (Å²) in [5.41, 5.74) is -1.06. The van der Waals surface area contributed by atoms with Gasteiger partial charge in [0.2, 0.25) is 5.82 Å². The first kappa shape index (κ1) is 10.2. The van der Waals surface area contributed by atoms with E-state index in [0.29, 0.717) is 0 Å². The summed E-state index contributed by atoms with van der Waals surface area (Å²) in [6, 6.07) is 0.979. The van der Waals surface area contributed by atoms with E-state index in [4.69, 9.17) is 0 Å². The molecule has 0 radical (unpaired) electrons. The Hall–Kier alpha value is -2.31. The number of hydrogen-bond donors (Lipinski definition) is 1. The monoisotopic (exact) mass is 224 g/mol. The second-order valence-corrected chi connectivity index (χ2v) is 3.32. The topological polar surface area (TPSA) is 89.3 Å². The Balaban J connectivity index is 2.79. The summed E-state index contributed by atoms with van der Waals surface area (Å²) >= 11 is 0. The maximum atomic E-state index is 13.6. The zero-order valence-electron chi connectivity index (χ0n) is 8.04. The molecule has 1 N–H and O–H groups in total. The molecule has 0 fully saturated rings. The first-order valence-electron chi connectivity index (χ1n) is 4.26. The van der Waals surface area contributed by atoms with Gasteiger partial charge in [0.1, 0.15) is 0 Å². The maximum Gasteiger partial charge on any atom is 0.305 e. The van der Waals surface area contributed by atoms with Gasteiger partial charge in [0, 0.05) is 6.07 Å². The van der Waals surface area contributed by atoms with Crippen molar-refractivity contribution in [3.63, 3.8) is 0 Å². The predicted octanol–water partition coefficient (Wildman–Crippen LogP) is 1.18. The highest BCUT2D eigenvalue weighted by molar-refractivity contribution is 6.52. The molecule has 0 unspecified atom stereocenters. The Morgan fingerprint density at radius 1 is 1.44 bits per heavy atom. The number of amides is 1. The highest BCUT2D eigenvalue weighted by Gasteiger charge is 2.36. The van der Waals surface area contributed by atoms with Gasteiger partial charge in [-0.3, -0.25) is 19.7 Å². The minimum absolute atomic E-state index is 0.0121. The summed E-state index contributed by atoms with van der Waals surface area (Å²) in [6.45, 7) is 1.45. The number of anilines is 1. The molecule has 0 saturated heterocycles. The van der Waals surface area contributed by atoms with E-state index in [9.17, 15) is 24.1 Å². The van der Waals surface area contributed by atoms with Gasteiger partial charge in [-0.1, -0.05) is 0 Å². The number of rotatable bonds is 1.